The van der Waals surface area contributed by atoms with Crippen molar-refractivity contribution in [2.45, 2.75) is 19.0 Å². The van der Waals surface area contributed by atoms with Gasteiger partial charge in [0.15, 0.2) is 0 Å². The second kappa shape index (κ2) is 5.48. The Labute approximate surface area is 104 Å². The molecule has 0 aromatic heterocycles. The molecule has 1 unspecified atom stereocenters. The molecule has 0 fully saturated rings. The summed E-state index contributed by atoms with van der Waals surface area (Å²) in [5.74, 6) is -0.309. The van der Waals surface area contributed by atoms with Crippen LogP contribution >= 0.6 is 0 Å². The van der Waals surface area contributed by atoms with E-state index in [4.69, 9.17) is 15.2 Å². The molecule has 3 nitrogen and oxygen atoms in total. The Bertz CT molecular complexity index is 419. The molecule has 0 bridgehead atoms. The van der Waals surface area contributed by atoms with Gasteiger partial charge in [0.2, 0.25) is 0 Å². The molecule has 0 saturated carbocycles. The standard InChI is InChI=1S/C12H16F3NO2/c1-7(6-16)9-4-8(17-2)5-10(11(9)18-3)12(13,14)15/h4-5,7H,6,16H2,1-3H3. The highest BCUT2D eigenvalue weighted by molar-refractivity contribution is 5.50. The molecular weight excluding hydrogens is 247 g/mol. The Morgan fingerprint density at radius 2 is 1.83 bits per heavy atom. The van der Waals surface area contributed by atoms with Gasteiger partial charge in [0.1, 0.15) is 17.1 Å². The molecule has 0 aliphatic carbocycles. The fraction of sp³-hybridized carbons (Fsp3) is 0.500. The van der Waals surface area contributed by atoms with E-state index in [0.717, 1.165) is 6.07 Å². The van der Waals surface area contributed by atoms with Gasteiger partial charge in [-0.3, -0.25) is 0 Å². The van der Waals surface area contributed by atoms with E-state index in [1.54, 1.807) is 6.92 Å². The molecule has 0 aliphatic heterocycles. The Balaban J connectivity index is 3.50. The van der Waals surface area contributed by atoms with E-state index >= 15 is 0 Å². The van der Waals surface area contributed by atoms with Gasteiger partial charge in [-0.2, -0.15) is 13.2 Å². The van der Waals surface area contributed by atoms with Crippen molar-refractivity contribution in [3.8, 4) is 11.5 Å². The van der Waals surface area contributed by atoms with Crippen LogP contribution in [0.5, 0.6) is 11.5 Å². The maximum Gasteiger partial charge on any atom is 0.420 e. The number of rotatable bonds is 4. The first kappa shape index (κ1) is 14.6. The summed E-state index contributed by atoms with van der Waals surface area (Å²) in [7, 11) is 2.53. The topological polar surface area (TPSA) is 44.5 Å². The van der Waals surface area contributed by atoms with Crippen molar-refractivity contribution in [2.75, 3.05) is 20.8 Å². The van der Waals surface area contributed by atoms with Crippen LogP contribution in [0.2, 0.25) is 0 Å². The molecule has 1 rings (SSSR count). The van der Waals surface area contributed by atoms with Crippen molar-refractivity contribution >= 4 is 0 Å². The minimum absolute atomic E-state index is 0.137. The van der Waals surface area contributed by atoms with Crippen LogP contribution in [0.1, 0.15) is 24.0 Å². The van der Waals surface area contributed by atoms with E-state index in [1.165, 1.54) is 20.3 Å². The van der Waals surface area contributed by atoms with Crippen molar-refractivity contribution in [1.82, 2.24) is 0 Å². The molecular formula is C12H16F3NO2. The highest BCUT2D eigenvalue weighted by Gasteiger charge is 2.36. The molecule has 1 atom stereocenters. The lowest BCUT2D eigenvalue weighted by atomic mass is 9.96. The zero-order chi connectivity index (χ0) is 13.9. The van der Waals surface area contributed by atoms with Gasteiger partial charge in [0, 0.05) is 5.56 Å². The Hall–Kier alpha value is -1.43. The molecule has 2 N–H and O–H groups in total. The number of alkyl halides is 3. The summed E-state index contributed by atoms with van der Waals surface area (Å²) < 4.78 is 48.6. The predicted octanol–water partition coefficient (Wildman–Crippen LogP) is 2.78. The van der Waals surface area contributed by atoms with Crippen LogP contribution in [0.25, 0.3) is 0 Å². The first-order valence-electron chi connectivity index (χ1n) is 5.38. The quantitative estimate of drug-likeness (QED) is 0.908. The lowest BCUT2D eigenvalue weighted by Crippen LogP contribution is -2.14. The molecule has 1 aromatic rings. The summed E-state index contributed by atoms with van der Waals surface area (Å²) >= 11 is 0. The van der Waals surface area contributed by atoms with Gasteiger partial charge in [-0.1, -0.05) is 6.92 Å². The third-order valence-corrected chi connectivity index (χ3v) is 2.72. The first-order chi connectivity index (χ1) is 8.35. The van der Waals surface area contributed by atoms with Gasteiger partial charge in [0.25, 0.3) is 0 Å². The highest BCUT2D eigenvalue weighted by Crippen LogP contribution is 2.42. The van der Waals surface area contributed by atoms with Gasteiger partial charge >= 0.3 is 6.18 Å². The number of halogens is 3. The molecule has 0 saturated heterocycles. The zero-order valence-corrected chi connectivity index (χ0v) is 10.5. The monoisotopic (exact) mass is 263 g/mol. The third kappa shape index (κ3) is 2.87. The van der Waals surface area contributed by atoms with Gasteiger partial charge in [-0.05, 0) is 24.6 Å². The largest absolute Gasteiger partial charge is 0.497 e. The van der Waals surface area contributed by atoms with Crippen LogP contribution in [-0.4, -0.2) is 20.8 Å². The SMILES string of the molecule is COc1cc(C(C)CN)c(OC)c(C(F)(F)F)c1. The molecule has 0 amide bonds. The first-order valence-corrected chi connectivity index (χ1v) is 5.38. The van der Waals surface area contributed by atoms with Gasteiger partial charge in [-0.25, -0.2) is 0 Å². The van der Waals surface area contributed by atoms with Gasteiger partial charge in [0.05, 0.1) is 14.2 Å². The molecule has 0 aliphatic rings. The molecule has 0 spiro atoms. The van der Waals surface area contributed by atoms with E-state index in [2.05, 4.69) is 0 Å². The minimum atomic E-state index is -4.50. The summed E-state index contributed by atoms with van der Waals surface area (Å²) in [4.78, 5) is 0. The smallest absolute Gasteiger partial charge is 0.420 e. The number of hydrogen-bond donors (Lipinski definition) is 1. The molecule has 0 radical (unpaired) electrons. The lowest BCUT2D eigenvalue weighted by molar-refractivity contribution is -0.138. The van der Waals surface area contributed by atoms with E-state index in [9.17, 15) is 13.2 Å². The van der Waals surface area contributed by atoms with Crippen LogP contribution in [0.3, 0.4) is 0 Å². The van der Waals surface area contributed by atoms with Crippen molar-refractivity contribution in [3.63, 3.8) is 0 Å². The molecule has 18 heavy (non-hydrogen) atoms. The van der Waals surface area contributed by atoms with Crippen LogP contribution in [-0.2, 0) is 6.18 Å². The Morgan fingerprint density at radius 1 is 1.22 bits per heavy atom. The number of methoxy groups -OCH3 is 2. The van der Waals surface area contributed by atoms with Crippen LogP contribution in [0.15, 0.2) is 12.1 Å². The van der Waals surface area contributed by atoms with Gasteiger partial charge < -0.3 is 15.2 Å². The molecule has 0 heterocycles. The maximum absolute atomic E-state index is 12.9. The second-order valence-corrected chi connectivity index (χ2v) is 3.93. The molecule has 1 aromatic carbocycles. The van der Waals surface area contributed by atoms with Crippen LogP contribution < -0.4 is 15.2 Å². The second-order valence-electron chi connectivity index (χ2n) is 3.93. The average molecular weight is 263 g/mol. The van der Waals surface area contributed by atoms with Gasteiger partial charge in [-0.15, -0.1) is 0 Å². The summed E-state index contributed by atoms with van der Waals surface area (Å²) in [6.07, 6.45) is -4.50. The summed E-state index contributed by atoms with van der Waals surface area (Å²) in [6, 6.07) is 2.44. The van der Waals surface area contributed by atoms with Crippen LogP contribution in [0.4, 0.5) is 13.2 Å². The average Bonchev–Trinajstić information content (AvgIpc) is 2.34. The van der Waals surface area contributed by atoms with Crippen molar-refractivity contribution < 1.29 is 22.6 Å². The summed E-state index contributed by atoms with van der Waals surface area (Å²) in [5.41, 5.74) is 5.05. The van der Waals surface area contributed by atoms with E-state index < -0.39 is 11.7 Å². The van der Waals surface area contributed by atoms with E-state index in [0.29, 0.717) is 5.56 Å². The Kier molecular flexibility index (Phi) is 4.45. The minimum Gasteiger partial charge on any atom is -0.497 e. The van der Waals surface area contributed by atoms with Crippen molar-refractivity contribution in [2.24, 2.45) is 5.73 Å². The van der Waals surface area contributed by atoms with Crippen LogP contribution in [0, 0.1) is 0 Å². The maximum atomic E-state index is 12.9. The van der Waals surface area contributed by atoms with E-state index in [-0.39, 0.29) is 24.0 Å². The number of hydrogen-bond acceptors (Lipinski definition) is 3. The molecule has 102 valence electrons. The number of benzene rings is 1. The van der Waals surface area contributed by atoms with Crippen molar-refractivity contribution in [3.05, 3.63) is 23.3 Å². The normalized spacial score (nSPS) is 13.3. The lowest BCUT2D eigenvalue weighted by Gasteiger charge is -2.20. The van der Waals surface area contributed by atoms with E-state index in [1.807, 2.05) is 0 Å². The van der Waals surface area contributed by atoms with Crippen molar-refractivity contribution in [1.29, 1.82) is 0 Å². The fourth-order valence-corrected chi connectivity index (χ4v) is 1.67. The third-order valence-electron chi connectivity index (χ3n) is 2.72. The summed E-state index contributed by atoms with van der Waals surface area (Å²) in [5, 5.41) is 0. The summed E-state index contributed by atoms with van der Waals surface area (Å²) in [6.45, 7) is 1.96. The molecule has 6 heteroatoms. The highest BCUT2D eigenvalue weighted by atomic mass is 19.4. The number of ether oxygens (including phenoxy) is 2. The number of nitrogens with two attached hydrogens (primary N) is 1. The zero-order valence-electron chi connectivity index (χ0n) is 10.5. The predicted molar refractivity (Wildman–Crippen MR) is 62.0 cm³/mol. The fourth-order valence-electron chi connectivity index (χ4n) is 1.67. The Morgan fingerprint density at radius 3 is 2.22 bits per heavy atom.